The molecular formula is C26H14N4O2. The highest BCUT2D eigenvalue weighted by Crippen LogP contribution is 2.31. The highest BCUT2D eigenvalue weighted by atomic mass is 16.4. The van der Waals surface area contributed by atoms with Crippen LogP contribution in [0.2, 0.25) is 0 Å². The molecule has 0 amide bonds. The maximum Gasteiger partial charge on any atom is 0.226 e. The second kappa shape index (κ2) is 8.06. The van der Waals surface area contributed by atoms with Crippen LogP contribution >= 0.6 is 0 Å². The van der Waals surface area contributed by atoms with Gasteiger partial charge in [-0.25, -0.2) is 9.97 Å². The van der Waals surface area contributed by atoms with Crippen molar-refractivity contribution in [3.8, 4) is 57.7 Å². The van der Waals surface area contributed by atoms with Crippen LogP contribution in [-0.4, -0.2) is 9.97 Å². The fourth-order valence-corrected chi connectivity index (χ4v) is 3.29. The zero-order valence-corrected chi connectivity index (χ0v) is 16.7. The van der Waals surface area contributed by atoms with Gasteiger partial charge in [0.15, 0.2) is 11.5 Å². The van der Waals surface area contributed by atoms with Crippen molar-refractivity contribution in [1.82, 2.24) is 9.97 Å². The van der Waals surface area contributed by atoms with E-state index in [1.54, 1.807) is 36.7 Å². The van der Waals surface area contributed by atoms with E-state index in [0.717, 1.165) is 22.3 Å². The van der Waals surface area contributed by atoms with Gasteiger partial charge in [0.1, 0.15) is 0 Å². The standard InChI is InChI=1S/C26H14N4O2/c27-13-17-4-8-19(9-5-17)23-15-29-25(31-23)21-2-1-3-22(12-21)26-30-16-24(32-26)20-10-6-18(14-28)7-11-20/h1-12,15-16H. The van der Waals surface area contributed by atoms with Crippen molar-refractivity contribution >= 4 is 0 Å². The lowest BCUT2D eigenvalue weighted by atomic mass is 10.1. The van der Waals surface area contributed by atoms with E-state index in [9.17, 15) is 0 Å². The minimum absolute atomic E-state index is 0.477. The van der Waals surface area contributed by atoms with Crippen molar-refractivity contribution in [2.24, 2.45) is 0 Å². The Balaban J connectivity index is 1.42. The topological polar surface area (TPSA) is 99.6 Å². The third kappa shape index (κ3) is 3.65. The molecule has 0 atom stereocenters. The first-order valence-electron chi connectivity index (χ1n) is 9.77. The molecule has 6 nitrogen and oxygen atoms in total. The molecule has 6 heteroatoms. The van der Waals surface area contributed by atoms with Gasteiger partial charge in [0.25, 0.3) is 0 Å². The second-order valence-corrected chi connectivity index (χ2v) is 7.02. The fourth-order valence-electron chi connectivity index (χ4n) is 3.29. The van der Waals surface area contributed by atoms with Crippen LogP contribution in [0.25, 0.3) is 45.6 Å². The van der Waals surface area contributed by atoms with E-state index >= 15 is 0 Å². The van der Waals surface area contributed by atoms with E-state index in [2.05, 4.69) is 22.1 Å². The molecule has 0 saturated carbocycles. The van der Waals surface area contributed by atoms with Crippen LogP contribution in [0.4, 0.5) is 0 Å². The molecule has 2 aromatic heterocycles. The molecule has 0 aliphatic heterocycles. The summed E-state index contributed by atoms with van der Waals surface area (Å²) in [5, 5.41) is 17.9. The zero-order chi connectivity index (χ0) is 21.9. The van der Waals surface area contributed by atoms with Crippen LogP contribution < -0.4 is 0 Å². The first kappa shape index (κ1) is 19.0. The summed E-state index contributed by atoms with van der Waals surface area (Å²) in [6, 6.07) is 26.1. The number of aromatic nitrogens is 2. The Morgan fingerprint density at radius 1 is 0.562 bits per heavy atom. The Morgan fingerprint density at radius 3 is 1.41 bits per heavy atom. The second-order valence-electron chi connectivity index (χ2n) is 7.02. The van der Waals surface area contributed by atoms with Crippen LogP contribution in [0.1, 0.15) is 11.1 Å². The van der Waals surface area contributed by atoms with E-state index in [0.29, 0.717) is 34.4 Å². The normalized spacial score (nSPS) is 10.4. The summed E-state index contributed by atoms with van der Waals surface area (Å²) in [6.45, 7) is 0. The summed E-state index contributed by atoms with van der Waals surface area (Å²) < 4.78 is 11.9. The zero-order valence-electron chi connectivity index (χ0n) is 16.7. The van der Waals surface area contributed by atoms with Crippen molar-refractivity contribution in [3.63, 3.8) is 0 Å². The molecule has 2 heterocycles. The summed E-state index contributed by atoms with van der Waals surface area (Å²) >= 11 is 0. The molecule has 5 rings (SSSR count). The molecule has 32 heavy (non-hydrogen) atoms. The third-order valence-corrected chi connectivity index (χ3v) is 4.96. The van der Waals surface area contributed by atoms with Gasteiger partial charge < -0.3 is 8.83 Å². The molecule has 0 N–H and O–H groups in total. The molecule has 0 unspecified atom stereocenters. The number of nitrogens with zero attached hydrogens (tertiary/aromatic N) is 4. The van der Waals surface area contributed by atoms with Crippen molar-refractivity contribution < 1.29 is 8.83 Å². The maximum absolute atomic E-state index is 8.95. The van der Waals surface area contributed by atoms with Gasteiger partial charge in [0.05, 0.1) is 35.7 Å². The molecule has 3 aromatic carbocycles. The van der Waals surface area contributed by atoms with Crippen LogP contribution in [-0.2, 0) is 0 Å². The van der Waals surface area contributed by atoms with Gasteiger partial charge in [0.2, 0.25) is 11.8 Å². The van der Waals surface area contributed by atoms with E-state index < -0.39 is 0 Å². The lowest BCUT2D eigenvalue weighted by Crippen LogP contribution is -1.81. The first-order chi connectivity index (χ1) is 15.7. The highest BCUT2D eigenvalue weighted by Gasteiger charge is 2.13. The van der Waals surface area contributed by atoms with E-state index in [1.807, 2.05) is 48.5 Å². The largest absolute Gasteiger partial charge is 0.436 e. The molecule has 0 aliphatic rings. The Bertz CT molecular complexity index is 1370. The van der Waals surface area contributed by atoms with Crippen LogP contribution in [0.5, 0.6) is 0 Å². The Hall–Kier alpha value is -4.94. The summed E-state index contributed by atoms with van der Waals surface area (Å²) in [5.74, 6) is 2.19. The summed E-state index contributed by atoms with van der Waals surface area (Å²) in [6.07, 6.45) is 3.33. The number of hydrogen-bond acceptors (Lipinski definition) is 6. The number of nitriles is 2. The quantitative estimate of drug-likeness (QED) is 0.354. The lowest BCUT2D eigenvalue weighted by molar-refractivity contribution is 0.586. The number of rotatable bonds is 4. The molecule has 0 saturated heterocycles. The number of hydrogen-bond donors (Lipinski definition) is 0. The predicted molar refractivity (Wildman–Crippen MR) is 118 cm³/mol. The molecule has 0 bridgehead atoms. The van der Waals surface area contributed by atoms with E-state index in [4.69, 9.17) is 19.4 Å². The van der Waals surface area contributed by atoms with Gasteiger partial charge in [-0.2, -0.15) is 10.5 Å². The van der Waals surface area contributed by atoms with Gasteiger partial charge in [-0.15, -0.1) is 0 Å². The fraction of sp³-hybridized carbons (Fsp3) is 0. The first-order valence-corrected chi connectivity index (χ1v) is 9.77. The van der Waals surface area contributed by atoms with Gasteiger partial charge in [-0.3, -0.25) is 0 Å². The van der Waals surface area contributed by atoms with Crippen molar-refractivity contribution in [1.29, 1.82) is 10.5 Å². The van der Waals surface area contributed by atoms with Crippen molar-refractivity contribution in [2.75, 3.05) is 0 Å². The minimum atomic E-state index is 0.477. The van der Waals surface area contributed by atoms with Crippen LogP contribution in [0.3, 0.4) is 0 Å². The van der Waals surface area contributed by atoms with Gasteiger partial charge >= 0.3 is 0 Å². The Kier molecular flexibility index (Phi) is 4.80. The molecular weight excluding hydrogens is 400 g/mol. The molecule has 150 valence electrons. The van der Waals surface area contributed by atoms with Gasteiger partial charge in [0, 0.05) is 22.3 Å². The average molecular weight is 414 g/mol. The average Bonchev–Trinajstić information content (AvgIpc) is 3.55. The minimum Gasteiger partial charge on any atom is -0.436 e. The number of benzene rings is 3. The van der Waals surface area contributed by atoms with E-state index in [-0.39, 0.29) is 0 Å². The Morgan fingerprint density at radius 2 is 1.00 bits per heavy atom. The van der Waals surface area contributed by atoms with Crippen LogP contribution in [0, 0.1) is 22.7 Å². The molecule has 0 spiro atoms. The maximum atomic E-state index is 8.95. The van der Waals surface area contributed by atoms with Gasteiger partial charge in [-0.05, 0) is 66.7 Å². The summed E-state index contributed by atoms with van der Waals surface area (Å²) in [4.78, 5) is 8.80. The lowest BCUT2D eigenvalue weighted by Gasteiger charge is -2.00. The monoisotopic (exact) mass is 414 g/mol. The van der Waals surface area contributed by atoms with E-state index in [1.165, 1.54) is 0 Å². The van der Waals surface area contributed by atoms with Crippen molar-refractivity contribution in [2.45, 2.75) is 0 Å². The molecule has 0 radical (unpaired) electrons. The SMILES string of the molecule is N#Cc1ccc(-c2cnc(-c3cccc(-c4ncc(-c5ccc(C#N)cc5)o4)c3)o2)cc1. The summed E-state index contributed by atoms with van der Waals surface area (Å²) in [5.41, 5.74) is 4.46. The predicted octanol–water partition coefficient (Wildman–Crippen LogP) is 6.07. The summed E-state index contributed by atoms with van der Waals surface area (Å²) in [7, 11) is 0. The third-order valence-electron chi connectivity index (χ3n) is 4.96. The number of oxazole rings is 2. The van der Waals surface area contributed by atoms with Crippen LogP contribution in [0.15, 0.2) is 94.0 Å². The molecule has 0 aliphatic carbocycles. The van der Waals surface area contributed by atoms with Crippen molar-refractivity contribution in [3.05, 3.63) is 96.3 Å². The van der Waals surface area contributed by atoms with Gasteiger partial charge in [-0.1, -0.05) is 6.07 Å². The molecule has 5 aromatic rings. The Labute approximate surface area is 183 Å². The smallest absolute Gasteiger partial charge is 0.226 e. The highest BCUT2D eigenvalue weighted by molar-refractivity contribution is 5.68. The molecule has 0 fully saturated rings.